The molecule has 0 bridgehead atoms. The fourth-order valence-electron chi connectivity index (χ4n) is 3.44. The highest BCUT2D eigenvalue weighted by molar-refractivity contribution is 9.11. The Bertz CT molecular complexity index is 786. The van der Waals surface area contributed by atoms with Crippen LogP contribution in [0.4, 0.5) is 0 Å². The van der Waals surface area contributed by atoms with Crippen molar-refractivity contribution in [1.82, 2.24) is 14.1 Å². The van der Waals surface area contributed by atoms with Crippen LogP contribution in [-0.2, 0) is 14.8 Å². The van der Waals surface area contributed by atoms with Crippen molar-refractivity contribution in [3.8, 4) is 12.3 Å². The zero-order chi connectivity index (χ0) is 18.7. The van der Waals surface area contributed by atoms with E-state index in [1.165, 1.54) is 15.6 Å². The summed E-state index contributed by atoms with van der Waals surface area (Å²) in [6, 6.07) is 3.36. The van der Waals surface area contributed by atoms with E-state index in [9.17, 15) is 13.2 Å². The first kappa shape index (κ1) is 19.8. The molecule has 0 aliphatic carbocycles. The normalized spacial score (nSPS) is 20.8. The minimum Gasteiger partial charge on any atom is -0.340 e. The van der Waals surface area contributed by atoms with E-state index >= 15 is 0 Å². The van der Waals surface area contributed by atoms with Gasteiger partial charge in [-0.3, -0.25) is 9.69 Å². The van der Waals surface area contributed by atoms with Gasteiger partial charge in [0.25, 0.3) is 10.0 Å². The third-order valence-corrected chi connectivity index (χ3v) is 8.93. The largest absolute Gasteiger partial charge is 0.340 e. The molecule has 0 atom stereocenters. The van der Waals surface area contributed by atoms with E-state index in [2.05, 4.69) is 26.8 Å². The average Bonchev–Trinajstić information content (AvgIpc) is 3.09. The number of piperidine rings is 1. The van der Waals surface area contributed by atoms with Crippen LogP contribution in [0, 0.1) is 18.3 Å². The number of halogens is 1. The number of amides is 1. The van der Waals surface area contributed by atoms with Gasteiger partial charge in [-0.2, -0.15) is 4.31 Å². The standard InChI is InChI=1S/C17H22BrN3O3S2/c1-2-7-19-8-5-14(6-9-19)17(22)20-10-12-21(13-11-20)26(23,24)16-4-3-15(18)25-16/h1,3-4,14H,5-13H2. The highest BCUT2D eigenvalue weighted by Gasteiger charge is 2.34. The zero-order valence-corrected chi connectivity index (χ0v) is 17.7. The van der Waals surface area contributed by atoms with Crippen LogP contribution in [-0.4, -0.2) is 74.2 Å². The lowest BCUT2D eigenvalue weighted by Gasteiger charge is -2.37. The molecule has 2 aliphatic rings. The maximum atomic E-state index is 12.7. The molecule has 2 fully saturated rings. The second-order valence-electron chi connectivity index (χ2n) is 6.54. The Balaban J connectivity index is 1.54. The third-order valence-electron chi connectivity index (χ3n) is 4.94. The molecule has 142 valence electrons. The monoisotopic (exact) mass is 459 g/mol. The van der Waals surface area contributed by atoms with Crippen LogP contribution in [0.5, 0.6) is 0 Å². The summed E-state index contributed by atoms with van der Waals surface area (Å²) in [6.45, 7) is 3.93. The van der Waals surface area contributed by atoms with Gasteiger partial charge in [0.1, 0.15) is 4.21 Å². The zero-order valence-electron chi connectivity index (χ0n) is 14.4. The first-order valence-electron chi connectivity index (χ1n) is 8.62. The number of nitrogens with zero attached hydrogens (tertiary/aromatic N) is 3. The highest BCUT2D eigenvalue weighted by Crippen LogP contribution is 2.29. The van der Waals surface area contributed by atoms with Gasteiger partial charge >= 0.3 is 0 Å². The molecular weight excluding hydrogens is 438 g/mol. The number of piperazine rings is 1. The van der Waals surface area contributed by atoms with Gasteiger partial charge in [-0.05, 0) is 54.0 Å². The van der Waals surface area contributed by atoms with E-state index in [4.69, 9.17) is 6.42 Å². The fraction of sp³-hybridized carbons (Fsp3) is 0.588. The second-order valence-corrected chi connectivity index (χ2v) is 11.2. The van der Waals surface area contributed by atoms with E-state index in [0.29, 0.717) is 36.9 Å². The molecule has 2 aliphatic heterocycles. The van der Waals surface area contributed by atoms with Crippen LogP contribution < -0.4 is 0 Å². The predicted octanol–water partition coefficient (Wildman–Crippen LogP) is 1.69. The number of thiophene rings is 1. The lowest BCUT2D eigenvalue weighted by atomic mass is 9.95. The predicted molar refractivity (Wildman–Crippen MR) is 105 cm³/mol. The number of hydrogen-bond donors (Lipinski definition) is 0. The molecule has 2 saturated heterocycles. The van der Waals surface area contributed by atoms with Gasteiger partial charge in [0.15, 0.2) is 0 Å². The van der Waals surface area contributed by atoms with E-state index in [-0.39, 0.29) is 11.8 Å². The average molecular weight is 460 g/mol. The Hall–Kier alpha value is -0.920. The number of carbonyl (C=O) groups excluding carboxylic acids is 1. The number of hydrogen-bond acceptors (Lipinski definition) is 5. The summed E-state index contributed by atoms with van der Waals surface area (Å²) in [5.74, 6) is 2.83. The molecule has 0 saturated carbocycles. The first-order valence-corrected chi connectivity index (χ1v) is 11.7. The number of terminal acetylenes is 1. The summed E-state index contributed by atoms with van der Waals surface area (Å²) in [5.41, 5.74) is 0. The lowest BCUT2D eigenvalue weighted by Crippen LogP contribution is -2.52. The van der Waals surface area contributed by atoms with Crippen LogP contribution in [0.25, 0.3) is 0 Å². The summed E-state index contributed by atoms with van der Waals surface area (Å²) >= 11 is 4.51. The van der Waals surface area contributed by atoms with Crippen LogP contribution in [0.2, 0.25) is 0 Å². The topological polar surface area (TPSA) is 60.9 Å². The van der Waals surface area contributed by atoms with E-state index in [1.54, 1.807) is 12.1 Å². The van der Waals surface area contributed by atoms with Crippen molar-refractivity contribution in [2.45, 2.75) is 17.1 Å². The van der Waals surface area contributed by atoms with E-state index in [0.717, 1.165) is 29.7 Å². The van der Waals surface area contributed by atoms with Crippen molar-refractivity contribution >= 4 is 43.2 Å². The third kappa shape index (κ3) is 4.31. The lowest BCUT2D eigenvalue weighted by molar-refractivity contribution is -0.138. The quantitative estimate of drug-likeness (QED) is 0.642. The summed E-state index contributed by atoms with van der Waals surface area (Å²) in [5, 5.41) is 0. The molecule has 3 rings (SSSR count). The second kappa shape index (κ2) is 8.40. The minimum absolute atomic E-state index is 0.0282. The summed E-state index contributed by atoms with van der Waals surface area (Å²) in [6.07, 6.45) is 6.98. The minimum atomic E-state index is -3.47. The van der Waals surface area contributed by atoms with Gasteiger partial charge in [-0.25, -0.2) is 8.42 Å². The van der Waals surface area contributed by atoms with Crippen molar-refractivity contribution in [3.63, 3.8) is 0 Å². The SMILES string of the molecule is C#CCN1CCC(C(=O)N2CCN(S(=O)(=O)c3ccc(Br)s3)CC2)CC1. The van der Waals surface area contributed by atoms with Gasteiger partial charge in [0.05, 0.1) is 10.3 Å². The highest BCUT2D eigenvalue weighted by atomic mass is 79.9. The van der Waals surface area contributed by atoms with Crippen molar-refractivity contribution in [3.05, 3.63) is 15.9 Å². The van der Waals surface area contributed by atoms with Crippen LogP contribution in [0.15, 0.2) is 20.1 Å². The molecule has 6 nitrogen and oxygen atoms in total. The summed E-state index contributed by atoms with van der Waals surface area (Å²) in [4.78, 5) is 16.7. The summed E-state index contributed by atoms with van der Waals surface area (Å²) < 4.78 is 27.9. The molecule has 0 spiro atoms. The van der Waals surface area contributed by atoms with Crippen LogP contribution >= 0.6 is 27.3 Å². The van der Waals surface area contributed by atoms with Crippen molar-refractivity contribution < 1.29 is 13.2 Å². The smallest absolute Gasteiger partial charge is 0.252 e. The maximum Gasteiger partial charge on any atom is 0.252 e. The van der Waals surface area contributed by atoms with Gasteiger partial charge in [0.2, 0.25) is 5.91 Å². The molecule has 9 heteroatoms. The van der Waals surface area contributed by atoms with Gasteiger partial charge in [-0.1, -0.05) is 5.92 Å². The Morgan fingerprint density at radius 2 is 1.85 bits per heavy atom. The molecule has 0 unspecified atom stereocenters. The first-order chi connectivity index (χ1) is 12.4. The molecule has 1 amide bonds. The molecule has 0 radical (unpaired) electrons. The van der Waals surface area contributed by atoms with Gasteiger partial charge < -0.3 is 4.90 Å². The molecule has 3 heterocycles. The van der Waals surface area contributed by atoms with Crippen molar-refractivity contribution in [1.29, 1.82) is 0 Å². The molecule has 0 aromatic carbocycles. The number of sulfonamides is 1. The van der Waals surface area contributed by atoms with Crippen molar-refractivity contribution in [2.75, 3.05) is 45.8 Å². The molecule has 1 aromatic rings. The molecule has 1 aromatic heterocycles. The van der Waals surface area contributed by atoms with Crippen LogP contribution in [0.3, 0.4) is 0 Å². The molecule has 0 N–H and O–H groups in total. The van der Waals surface area contributed by atoms with E-state index in [1.807, 2.05) is 4.90 Å². The Kier molecular flexibility index (Phi) is 6.41. The number of rotatable bonds is 4. The molecular formula is C17H22BrN3O3S2. The maximum absolute atomic E-state index is 12.7. The van der Waals surface area contributed by atoms with Crippen LogP contribution in [0.1, 0.15) is 12.8 Å². The van der Waals surface area contributed by atoms with E-state index < -0.39 is 10.0 Å². The van der Waals surface area contributed by atoms with Crippen molar-refractivity contribution in [2.24, 2.45) is 5.92 Å². The Morgan fingerprint density at radius 1 is 1.19 bits per heavy atom. The fourth-order valence-corrected chi connectivity index (χ4v) is 7.02. The summed E-state index contributed by atoms with van der Waals surface area (Å²) in [7, 11) is -3.47. The van der Waals surface area contributed by atoms with Gasteiger partial charge in [0, 0.05) is 32.1 Å². The Morgan fingerprint density at radius 3 is 2.38 bits per heavy atom. The number of carbonyl (C=O) groups is 1. The number of likely N-dealkylation sites (tertiary alicyclic amines) is 1. The van der Waals surface area contributed by atoms with Gasteiger partial charge in [-0.15, -0.1) is 17.8 Å². The Labute approximate surface area is 167 Å². The molecule has 26 heavy (non-hydrogen) atoms.